The van der Waals surface area contributed by atoms with Crippen molar-refractivity contribution in [3.05, 3.63) is 0 Å². The predicted octanol–water partition coefficient (Wildman–Crippen LogP) is 1.90. The van der Waals surface area contributed by atoms with Crippen LogP contribution in [0.2, 0.25) is 0 Å². The Labute approximate surface area is 126 Å². The van der Waals surface area contributed by atoms with Crippen molar-refractivity contribution in [2.75, 3.05) is 6.61 Å². The first-order valence-electron chi connectivity index (χ1n) is 7.75. The van der Waals surface area contributed by atoms with Crippen molar-refractivity contribution < 1.29 is 24.5 Å². The summed E-state index contributed by atoms with van der Waals surface area (Å²) in [6, 6.07) is 0. The summed E-state index contributed by atoms with van der Waals surface area (Å²) in [5.41, 5.74) is -0.367. The molecule has 1 heterocycles. The predicted molar refractivity (Wildman–Crippen MR) is 78.3 cm³/mol. The molecule has 21 heavy (non-hydrogen) atoms. The molecule has 0 radical (unpaired) electrons. The number of rotatable bonds is 3. The minimum absolute atomic E-state index is 0.0341. The van der Waals surface area contributed by atoms with Gasteiger partial charge in [-0.25, -0.2) is 0 Å². The molecule has 0 aromatic carbocycles. The van der Waals surface area contributed by atoms with Crippen LogP contribution in [0.3, 0.4) is 0 Å². The maximum absolute atomic E-state index is 11.0. The van der Waals surface area contributed by atoms with E-state index in [2.05, 4.69) is 4.74 Å². The average molecular weight is 300 g/mol. The molecule has 5 nitrogen and oxygen atoms in total. The lowest BCUT2D eigenvalue weighted by Gasteiger charge is -2.30. The second kappa shape index (κ2) is 7.36. The molecule has 0 aromatic rings. The largest absolute Gasteiger partial charge is 0.396 e. The van der Waals surface area contributed by atoms with Crippen molar-refractivity contribution in [3.63, 3.8) is 0 Å². The number of cyclic esters (lactones) is 2. The highest BCUT2D eigenvalue weighted by atomic mass is 16.6. The van der Waals surface area contributed by atoms with Gasteiger partial charge in [-0.2, -0.15) is 0 Å². The van der Waals surface area contributed by atoms with Crippen LogP contribution < -0.4 is 0 Å². The summed E-state index contributed by atoms with van der Waals surface area (Å²) in [7, 11) is 0. The first-order chi connectivity index (χ1) is 9.70. The Morgan fingerprint density at radius 2 is 1.57 bits per heavy atom. The van der Waals surface area contributed by atoms with Crippen molar-refractivity contribution in [1.82, 2.24) is 0 Å². The number of carbonyl (C=O) groups excluding carboxylic acids is 2. The van der Waals surface area contributed by atoms with Crippen LogP contribution in [0.1, 0.15) is 53.4 Å². The van der Waals surface area contributed by atoms with Gasteiger partial charge >= 0.3 is 11.9 Å². The number of ether oxygens (including phenoxy) is 1. The third-order valence-corrected chi connectivity index (χ3v) is 4.41. The lowest BCUT2D eigenvalue weighted by molar-refractivity contribution is -0.153. The molecule has 3 unspecified atom stereocenters. The van der Waals surface area contributed by atoms with Crippen LogP contribution in [0.25, 0.3) is 0 Å². The highest BCUT2D eigenvalue weighted by Crippen LogP contribution is 2.36. The van der Waals surface area contributed by atoms with Crippen LogP contribution in [-0.4, -0.2) is 34.9 Å². The number of fused-ring (bicyclic) bond motifs is 1. The van der Waals surface area contributed by atoms with Crippen molar-refractivity contribution in [2.24, 2.45) is 23.2 Å². The fourth-order valence-corrected chi connectivity index (χ4v) is 2.94. The van der Waals surface area contributed by atoms with Crippen LogP contribution in [0.5, 0.6) is 0 Å². The van der Waals surface area contributed by atoms with E-state index in [0.29, 0.717) is 0 Å². The van der Waals surface area contributed by atoms with Gasteiger partial charge < -0.3 is 14.9 Å². The first kappa shape index (κ1) is 18.1. The number of hydrogen-bond acceptors (Lipinski definition) is 5. The fraction of sp³-hybridized carbons (Fsp3) is 0.875. The lowest BCUT2D eigenvalue weighted by atomic mass is 9.81. The van der Waals surface area contributed by atoms with Gasteiger partial charge in [0, 0.05) is 5.41 Å². The molecule has 1 aliphatic heterocycles. The Balaban J connectivity index is 0.000000212. The highest BCUT2D eigenvalue weighted by molar-refractivity contribution is 5.96. The third-order valence-electron chi connectivity index (χ3n) is 4.41. The molecular weight excluding hydrogens is 272 g/mol. The highest BCUT2D eigenvalue weighted by Gasteiger charge is 2.44. The molecule has 1 aliphatic carbocycles. The van der Waals surface area contributed by atoms with Crippen molar-refractivity contribution in [3.8, 4) is 0 Å². The topological polar surface area (TPSA) is 83.8 Å². The summed E-state index contributed by atoms with van der Waals surface area (Å²) in [6.45, 7) is 7.64. The number of aliphatic hydroxyl groups excluding tert-OH is 2. The maximum Gasteiger partial charge on any atom is 0.317 e. The maximum atomic E-state index is 11.0. The Morgan fingerprint density at radius 1 is 1.14 bits per heavy atom. The molecule has 122 valence electrons. The fourth-order valence-electron chi connectivity index (χ4n) is 2.94. The molecule has 0 amide bonds. The summed E-state index contributed by atoms with van der Waals surface area (Å²) in [4.78, 5) is 22.0. The number of carbonyl (C=O) groups is 2. The zero-order valence-electron chi connectivity index (χ0n) is 13.5. The molecule has 5 heteroatoms. The molecule has 2 aliphatic rings. The first-order valence-corrected chi connectivity index (χ1v) is 7.75. The number of esters is 2. The van der Waals surface area contributed by atoms with E-state index < -0.39 is 6.10 Å². The van der Waals surface area contributed by atoms with Crippen molar-refractivity contribution >= 4 is 11.9 Å². The Morgan fingerprint density at radius 3 is 1.86 bits per heavy atom. The summed E-state index contributed by atoms with van der Waals surface area (Å²) >= 11 is 0. The van der Waals surface area contributed by atoms with Crippen LogP contribution in [-0.2, 0) is 14.3 Å². The Hall–Kier alpha value is -0.940. The van der Waals surface area contributed by atoms with Gasteiger partial charge in [0.2, 0.25) is 0 Å². The lowest BCUT2D eigenvalue weighted by Crippen LogP contribution is -2.36. The second-order valence-electron chi connectivity index (χ2n) is 7.07. The van der Waals surface area contributed by atoms with Crippen molar-refractivity contribution in [1.29, 1.82) is 0 Å². The Kier molecular flexibility index (Phi) is 6.35. The SMILES string of the molecule is CC(C)C(O)C(C)(C)CO.O=C1OC(=O)C2CCCCC12. The molecule has 2 N–H and O–H groups in total. The molecule has 1 saturated heterocycles. The van der Waals surface area contributed by atoms with Gasteiger partial charge in [0.25, 0.3) is 0 Å². The van der Waals surface area contributed by atoms with E-state index in [9.17, 15) is 14.7 Å². The molecular formula is C16H28O5. The van der Waals surface area contributed by atoms with Crippen LogP contribution in [0, 0.1) is 23.2 Å². The van der Waals surface area contributed by atoms with E-state index >= 15 is 0 Å². The third kappa shape index (κ3) is 4.51. The number of aliphatic hydroxyl groups is 2. The smallest absolute Gasteiger partial charge is 0.317 e. The molecule has 3 atom stereocenters. The summed E-state index contributed by atoms with van der Waals surface area (Å²) in [5, 5.41) is 18.3. The van der Waals surface area contributed by atoms with Gasteiger partial charge in [-0.05, 0) is 18.8 Å². The summed E-state index contributed by atoms with van der Waals surface area (Å²) in [6.07, 6.45) is 3.38. The van der Waals surface area contributed by atoms with Gasteiger partial charge in [-0.3, -0.25) is 9.59 Å². The molecule has 1 saturated carbocycles. The monoisotopic (exact) mass is 300 g/mol. The van der Waals surface area contributed by atoms with Crippen molar-refractivity contribution in [2.45, 2.75) is 59.5 Å². The van der Waals surface area contributed by atoms with Gasteiger partial charge in [0.1, 0.15) is 0 Å². The molecule has 0 spiro atoms. The van der Waals surface area contributed by atoms with Gasteiger partial charge in [0.15, 0.2) is 0 Å². The molecule has 2 fully saturated rings. The van der Waals surface area contributed by atoms with Crippen LogP contribution >= 0.6 is 0 Å². The summed E-state index contributed by atoms with van der Waals surface area (Å²) < 4.78 is 4.53. The van der Waals surface area contributed by atoms with E-state index in [0.717, 1.165) is 25.7 Å². The molecule has 0 bridgehead atoms. The minimum Gasteiger partial charge on any atom is -0.396 e. The Bertz CT molecular complexity index is 353. The second-order valence-corrected chi connectivity index (χ2v) is 7.07. The molecule has 2 rings (SSSR count). The average Bonchev–Trinajstić information content (AvgIpc) is 2.74. The quantitative estimate of drug-likeness (QED) is 0.614. The van der Waals surface area contributed by atoms with Gasteiger partial charge in [-0.1, -0.05) is 40.5 Å². The minimum atomic E-state index is -0.419. The van der Waals surface area contributed by atoms with Crippen LogP contribution in [0.4, 0.5) is 0 Å². The standard InChI is InChI=1S/C8H10O3.C8H18O2/c9-7-5-3-1-2-4-6(5)8(10)11-7;1-6(2)7(10)8(3,4)5-9/h5-6H,1-4H2;6-7,9-10H,5H2,1-4H3. The van der Waals surface area contributed by atoms with Gasteiger partial charge in [-0.15, -0.1) is 0 Å². The van der Waals surface area contributed by atoms with E-state index in [-0.39, 0.29) is 41.7 Å². The normalized spacial score (nSPS) is 26.8. The van der Waals surface area contributed by atoms with E-state index in [4.69, 9.17) is 5.11 Å². The summed E-state index contributed by atoms with van der Waals surface area (Å²) in [5.74, 6) is -0.575. The number of hydrogen-bond donors (Lipinski definition) is 2. The zero-order valence-corrected chi connectivity index (χ0v) is 13.5. The zero-order chi connectivity index (χ0) is 16.2. The van der Waals surface area contributed by atoms with Gasteiger partial charge in [0.05, 0.1) is 24.5 Å². The van der Waals surface area contributed by atoms with E-state index in [1.807, 2.05) is 27.7 Å². The van der Waals surface area contributed by atoms with Crippen LogP contribution in [0.15, 0.2) is 0 Å². The molecule has 0 aromatic heterocycles. The van der Waals surface area contributed by atoms with E-state index in [1.54, 1.807) is 0 Å². The van der Waals surface area contributed by atoms with E-state index in [1.165, 1.54) is 0 Å².